The van der Waals surface area contributed by atoms with E-state index < -0.39 is 23.8 Å². The van der Waals surface area contributed by atoms with Crippen LogP contribution in [0.15, 0.2) is 30.3 Å². The molecule has 1 aliphatic carbocycles. The molecule has 0 spiro atoms. The zero-order valence-electron chi connectivity index (χ0n) is 15.4. The Kier molecular flexibility index (Phi) is 6.05. The van der Waals surface area contributed by atoms with Gasteiger partial charge in [-0.15, -0.1) is 0 Å². The van der Waals surface area contributed by atoms with Crippen LogP contribution in [0, 0.1) is 0 Å². The van der Waals surface area contributed by atoms with Crippen molar-refractivity contribution in [2.45, 2.75) is 60.7 Å². The largest absolute Gasteiger partial charge is 0.371 e. The van der Waals surface area contributed by atoms with E-state index in [1.165, 1.54) is 14.2 Å². The van der Waals surface area contributed by atoms with Gasteiger partial charge in [-0.1, -0.05) is 52.9 Å². The van der Waals surface area contributed by atoms with Gasteiger partial charge in [0.1, 0.15) is 12.2 Å². The monoisotopic (exact) mass is 476 g/mol. The fraction of sp³-hybridized carbons (Fsp3) is 0.632. The third-order valence-electron chi connectivity index (χ3n) is 5.32. The van der Waals surface area contributed by atoms with Gasteiger partial charge in [0.25, 0.3) is 0 Å². The average Bonchev–Trinajstić information content (AvgIpc) is 2.66. The summed E-state index contributed by atoms with van der Waals surface area (Å²) in [5.41, 5.74) is 1.07. The summed E-state index contributed by atoms with van der Waals surface area (Å²) in [6, 6.07) is 9.92. The number of halogens is 1. The quantitative estimate of drug-likeness (QED) is 0.481. The van der Waals surface area contributed by atoms with Crippen molar-refractivity contribution < 1.29 is 28.5 Å². The van der Waals surface area contributed by atoms with Crippen LogP contribution >= 0.6 is 22.6 Å². The lowest BCUT2D eigenvalue weighted by Gasteiger charge is -2.54. The van der Waals surface area contributed by atoms with Gasteiger partial charge in [0.2, 0.25) is 11.6 Å². The fourth-order valence-electron chi connectivity index (χ4n) is 3.38. The zero-order chi connectivity index (χ0) is 18.9. The summed E-state index contributed by atoms with van der Waals surface area (Å²) in [4.78, 5) is 12.7. The van der Waals surface area contributed by atoms with Crippen LogP contribution in [0.4, 0.5) is 0 Å². The number of benzene rings is 1. The number of hydrogen-bond acceptors (Lipinski definition) is 6. The Labute approximate surface area is 167 Å². The Morgan fingerprint density at radius 2 is 1.73 bits per heavy atom. The molecule has 6 atom stereocenters. The molecule has 2 fully saturated rings. The second kappa shape index (κ2) is 7.81. The first-order chi connectivity index (χ1) is 12.3. The summed E-state index contributed by atoms with van der Waals surface area (Å²) in [7, 11) is 3.05. The van der Waals surface area contributed by atoms with Gasteiger partial charge in [0.05, 0.1) is 16.6 Å². The fourth-order valence-corrected chi connectivity index (χ4v) is 4.23. The van der Waals surface area contributed by atoms with Crippen LogP contribution < -0.4 is 0 Å². The minimum Gasteiger partial charge on any atom is -0.371 e. The molecule has 2 aliphatic rings. The highest BCUT2D eigenvalue weighted by Crippen LogP contribution is 2.44. The number of ether oxygens (including phenoxy) is 5. The van der Waals surface area contributed by atoms with E-state index in [4.69, 9.17) is 23.7 Å². The SMILES string of the molecule is CO[C@@]1(C)O[C@H]2[C@H](O[C@]1(C)OC)C(=O)C(I)C[C@H]2OCc1ccccc1. The van der Waals surface area contributed by atoms with E-state index in [1.54, 1.807) is 13.8 Å². The highest BCUT2D eigenvalue weighted by Gasteiger charge is 2.61. The van der Waals surface area contributed by atoms with Crippen LogP contribution in [-0.2, 0) is 35.1 Å². The van der Waals surface area contributed by atoms with Crippen molar-refractivity contribution in [1.29, 1.82) is 0 Å². The molecule has 3 rings (SSSR count). The lowest BCUT2D eigenvalue weighted by atomic mass is 9.87. The molecule has 7 heteroatoms. The topological polar surface area (TPSA) is 63.2 Å². The lowest BCUT2D eigenvalue weighted by molar-refractivity contribution is -0.450. The van der Waals surface area contributed by atoms with E-state index >= 15 is 0 Å². The van der Waals surface area contributed by atoms with E-state index in [1.807, 2.05) is 30.3 Å². The first-order valence-corrected chi connectivity index (χ1v) is 9.87. The molecule has 1 saturated heterocycles. The number of alkyl halides is 1. The molecule has 1 aromatic rings. The molecule has 0 amide bonds. The number of carbonyl (C=O) groups excluding carboxylic acids is 1. The van der Waals surface area contributed by atoms with E-state index in [0.717, 1.165) is 5.56 Å². The molecular weight excluding hydrogens is 451 g/mol. The average molecular weight is 476 g/mol. The molecule has 1 aliphatic heterocycles. The normalized spacial score (nSPS) is 40.3. The smallest absolute Gasteiger partial charge is 0.221 e. The van der Waals surface area contributed by atoms with Gasteiger partial charge in [-0.2, -0.15) is 0 Å². The van der Waals surface area contributed by atoms with Crippen molar-refractivity contribution in [3.63, 3.8) is 0 Å². The van der Waals surface area contributed by atoms with E-state index in [-0.39, 0.29) is 15.8 Å². The van der Waals surface area contributed by atoms with Crippen LogP contribution in [0.2, 0.25) is 0 Å². The van der Waals surface area contributed by atoms with Crippen LogP contribution in [-0.4, -0.2) is 53.8 Å². The van der Waals surface area contributed by atoms with Gasteiger partial charge < -0.3 is 23.7 Å². The number of rotatable bonds is 5. The summed E-state index contributed by atoms with van der Waals surface area (Å²) >= 11 is 2.15. The predicted octanol–water partition coefficient (Wildman–Crippen LogP) is 2.86. The Hall–Kier alpha value is -0.580. The van der Waals surface area contributed by atoms with E-state index in [2.05, 4.69) is 22.6 Å². The summed E-state index contributed by atoms with van der Waals surface area (Å²) in [6.07, 6.45) is -1.01. The molecule has 0 radical (unpaired) electrons. The van der Waals surface area contributed by atoms with Crippen molar-refractivity contribution in [2.75, 3.05) is 14.2 Å². The molecule has 0 aromatic heterocycles. The van der Waals surface area contributed by atoms with Crippen molar-refractivity contribution in [1.82, 2.24) is 0 Å². The van der Waals surface area contributed by atoms with Gasteiger partial charge in [0.15, 0.2) is 5.78 Å². The van der Waals surface area contributed by atoms with Crippen LogP contribution in [0.1, 0.15) is 25.8 Å². The maximum atomic E-state index is 12.7. The van der Waals surface area contributed by atoms with Gasteiger partial charge >= 0.3 is 0 Å². The van der Waals surface area contributed by atoms with E-state index in [0.29, 0.717) is 13.0 Å². The van der Waals surface area contributed by atoms with Crippen LogP contribution in [0.5, 0.6) is 0 Å². The van der Waals surface area contributed by atoms with Crippen molar-refractivity contribution >= 4 is 28.4 Å². The molecule has 1 aromatic carbocycles. The van der Waals surface area contributed by atoms with Crippen molar-refractivity contribution in [3.8, 4) is 0 Å². The van der Waals surface area contributed by atoms with Gasteiger partial charge in [-0.3, -0.25) is 4.79 Å². The number of carbonyl (C=O) groups is 1. The maximum absolute atomic E-state index is 12.7. The predicted molar refractivity (Wildman–Crippen MR) is 103 cm³/mol. The third kappa shape index (κ3) is 3.57. The third-order valence-corrected chi connectivity index (χ3v) is 6.44. The minimum atomic E-state index is -1.20. The van der Waals surface area contributed by atoms with Crippen molar-refractivity contribution in [3.05, 3.63) is 35.9 Å². The number of fused-ring (bicyclic) bond motifs is 1. The summed E-state index contributed by atoms with van der Waals surface area (Å²) in [6.45, 7) is 3.92. The van der Waals surface area contributed by atoms with Gasteiger partial charge in [-0.05, 0) is 25.8 Å². The second-order valence-corrected chi connectivity index (χ2v) is 8.36. The maximum Gasteiger partial charge on any atom is 0.221 e. The number of ketones is 1. The summed E-state index contributed by atoms with van der Waals surface area (Å²) in [5, 5.41) is 0. The zero-order valence-corrected chi connectivity index (χ0v) is 17.6. The Morgan fingerprint density at radius 1 is 1.12 bits per heavy atom. The highest BCUT2D eigenvalue weighted by atomic mass is 127. The Bertz CT molecular complexity index is 640. The second-order valence-electron chi connectivity index (χ2n) is 6.86. The number of hydrogen-bond donors (Lipinski definition) is 0. The van der Waals surface area contributed by atoms with Gasteiger partial charge in [0, 0.05) is 14.2 Å². The molecule has 1 heterocycles. The van der Waals surface area contributed by atoms with Crippen molar-refractivity contribution in [2.24, 2.45) is 0 Å². The molecule has 0 bridgehead atoms. The summed E-state index contributed by atoms with van der Waals surface area (Å²) in [5.74, 6) is -2.36. The van der Waals surface area contributed by atoms with Gasteiger partial charge in [-0.25, -0.2) is 0 Å². The molecule has 1 saturated carbocycles. The standard InChI is InChI=1S/C19H25IO6/c1-18(22-3)19(2,23-4)26-17-15(21)13(20)10-14(16(17)25-18)24-11-12-8-6-5-7-9-12/h5-9,13-14,16-17H,10-11H2,1-4H3/t13?,14-,16-,17-,18+,19+/m1/s1. The molecule has 144 valence electrons. The Morgan fingerprint density at radius 3 is 2.35 bits per heavy atom. The lowest BCUT2D eigenvalue weighted by Crippen LogP contribution is -2.70. The molecule has 6 nitrogen and oxygen atoms in total. The highest BCUT2D eigenvalue weighted by molar-refractivity contribution is 14.1. The molecule has 0 N–H and O–H groups in total. The Balaban J connectivity index is 1.82. The first-order valence-electron chi connectivity index (χ1n) is 8.63. The van der Waals surface area contributed by atoms with Crippen LogP contribution in [0.3, 0.4) is 0 Å². The molecule has 1 unspecified atom stereocenters. The molecule has 26 heavy (non-hydrogen) atoms. The van der Waals surface area contributed by atoms with Crippen LogP contribution in [0.25, 0.3) is 0 Å². The number of methoxy groups -OCH3 is 2. The minimum absolute atomic E-state index is 0.00316. The summed E-state index contributed by atoms with van der Waals surface area (Å²) < 4.78 is 29.3. The first kappa shape index (κ1) is 20.2. The van der Waals surface area contributed by atoms with E-state index in [9.17, 15) is 4.79 Å². The molecular formula is C19H25IO6. The number of Topliss-reactive ketones (excluding diaryl/α,β-unsaturated/α-hetero) is 1.